The Kier molecular flexibility index (Phi) is 14.0. The van der Waals surface area contributed by atoms with Gasteiger partial charge < -0.3 is 9.47 Å². The van der Waals surface area contributed by atoms with Crippen molar-refractivity contribution in [2.45, 2.75) is 50.2 Å². The Morgan fingerprint density at radius 3 is 1.38 bits per heavy atom. The van der Waals surface area contributed by atoms with Crippen LogP contribution in [0.25, 0.3) is 0 Å². The molecule has 4 nitrogen and oxygen atoms in total. The lowest BCUT2D eigenvalue weighted by Gasteiger charge is -2.15. The molecule has 0 amide bonds. The molecule has 176 valence electrons. The highest BCUT2D eigenvalue weighted by Crippen LogP contribution is 2.37. The average Bonchev–Trinajstić information content (AvgIpc) is 2.71. The number of halogens is 4. The van der Waals surface area contributed by atoms with Gasteiger partial charge in [-0.2, -0.15) is 0 Å². The molecular formula is C24H28Br4O4. The van der Waals surface area contributed by atoms with Crippen LogP contribution in [0.4, 0.5) is 0 Å². The molecule has 32 heavy (non-hydrogen) atoms. The summed E-state index contributed by atoms with van der Waals surface area (Å²) in [5.41, 5.74) is 4.00. The lowest BCUT2D eigenvalue weighted by atomic mass is 10.1. The van der Waals surface area contributed by atoms with Crippen molar-refractivity contribution in [3.63, 3.8) is 0 Å². The van der Waals surface area contributed by atoms with Gasteiger partial charge in [0.1, 0.15) is 11.5 Å². The van der Waals surface area contributed by atoms with Gasteiger partial charge in [-0.15, -0.1) is 0 Å². The minimum Gasteiger partial charge on any atom is -0.426 e. The molecule has 0 fully saturated rings. The molecule has 0 spiro atoms. The van der Waals surface area contributed by atoms with Gasteiger partial charge in [0.25, 0.3) is 0 Å². The molecule has 0 N–H and O–H groups in total. The standard InChI is InChI=1S/2C12H14Br2O2/c2*1-8-4-3-5-10(11(14)6-7-13)12(8)16-9(2)15/h2*3-5,11H,6-7H2,1-2H3. The van der Waals surface area contributed by atoms with Crippen molar-refractivity contribution in [3.05, 3.63) is 58.7 Å². The van der Waals surface area contributed by atoms with Crippen LogP contribution in [0.15, 0.2) is 36.4 Å². The zero-order valence-corrected chi connectivity index (χ0v) is 24.9. The minimum atomic E-state index is -0.283. The van der Waals surface area contributed by atoms with E-state index in [0.717, 1.165) is 45.8 Å². The zero-order chi connectivity index (χ0) is 24.3. The Hall–Kier alpha value is -0.700. The summed E-state index contributed by atoms with van der Waals surface area (Å²) in [6.07, 6.45) is 1.88. The number of hydrogen-bond acceptors (Lipinski definition) is 4. The molecule has 0 aliphatic heterocycles. The molecule has 2 aromatic carbocycles. The molecule has 0 aliphatic carbocycles. The fourth-order valence-corrected chi connectivity index (χ4v) is 6.24. The molecule has 0 bridgehead atoms. The van der Waals surface area contributed by atoms with Crippen molar-refractivity contribution in [1.82, 2.24) is 0 Å². The van der Waals surface area contributed by atoms with Crippen LogP contribution in [0.3, 0.4) is 0 Å². The summed E-state index contributed by atoms with van der Waals surface area (Å²) in [7, 11) is 0. The number of rotatable bonds is 8. The van der Waals surface area contributed by atoms with Crippen molar-refractivity contribution in [1.29, 1.82) is 0 Å². The van der Waals surface area contributed by atoms with E-state index in [0.29, 0.717) is 11.5 Å². The molecular weight excluding hydrogens is 672 g/mol. The van der Waals surface area contributed by atoms with Gasteiger partial charge in [0.05, 0.1) is 0 Å². The van der Waals surface area contributed by atoms with Crippen molar-refractivity contribution in [2.75, 3.05) is 10.7 Å². The van der Waals surface area contributed by atoms with Crippen LogP contribution in [-0.2, 0) is 9.59 Å². The zero-order valence-electron chi connectivity index (χ0n) is 18.6. The summed E-state index contributed by atoms with van der Waals surface area (Å²) in [4.78, 5) is 22.5. The van der Waals surface area contributed by atoms with Crippen LogP contribution in [-0.4, -0.2) is 22.6 Å². The number of hydrogen-bond donors (Lipinski definition) is 0. The predicted octanol–water partition coefficient (Wildman–Crippen LogP) is 8.28. The number of esters is 2. The monoisotopic (exact) mass is 696 g/mol. The minimum absolute atomic E-state index is 0.195. The number of aryl methyl sites for hydroxylation is 2. The van der Waals surface area contributed by atoms with Crippen molar-refractivity contribution in [2.24, 2.45) is 0 Å². The second-order valence-corrected chi connectivity index (χ2v) is 10.9. The molecule has 0 saturated carbocycles. The average molecular weight is 700 g/mol. The first-order valence-corrected chi connectivity index (χ1v) is 14.2. The number of alkyl halides is 4. The highest BCUT2D eigenvalue weighted by atomic mass is 79.9. The SMILES string of the molecule is CC(=O)Oc1c(C)cccc1C(Br)CCBr.CC(=O)Oc1c(C)cccc1C(Br)CCBr. The molecule has 0 saturated heterocycles. The topological polar surface area (TPSA) is 52.6 Å². The fraction of sp³-hybridized carbons (Fsp3) is 0.417. The molecule has 0 aromatic heterocycles. The van der Waals surface area contributed by atoms with Gasteiger partial charge in [0.15, 0.2) is 0 Å². The summed E-state index contributed by atoms with van der Waals surface area (Å²) in [6, 6.07) is 11.8. The van der Waals surface area contributed by atoms with Crippen molar-refractivity contribution in [3.8, 4) is 11.5 Å². The summed E-state index contributed by atoms with van der Waals surface area (Å²) in [6.45, 7) is 6.72. The van der Waals surface area contributed by atoms with E-state index in [9.17, 15) is 9.59 Å². The largest absolute Gasteiger partial charge is 0.426 e. The smallest absolute Gasteiger partial charge is 0.308 e. The molecule has 2 rings (SSSR count). The van der Waals surface area contributed by atoms with Gasteiger partial charge in [-0.3, -0.25) is 9.59 Å². The Labute approximate surface area is 224 Å². The Bertz CT molecular complexity index is 828. The molecule has 2 unspecified atom stereocenters. The Morgan fingerprint density at radius 2 is 1.09 bits per heavy atom. The number of carbonyl (C=O) groups excluding carboxylic acids is 2. The Balaban J connectivity index is 0.000000320. The third kappa shape index (κ3) is 9.65. The van der Waals surface area contributed by atoms with Crippen LogP contribution >= 0.6 is 63.7 Å². The van der Waals surface area contributed by atoms with Crippen molar-refractivity contribution >= 4 is 75.7 Å². The van der Waals surface area contributed by atoms with Gasteiger partial charge in [0, 0.05) is 45.3 Å². The van der Waals surface area contributed by atoms with Crippen LogP contribution < -0.4 is 9.47 Å². The lowest BCUT2D eigenvalue weighted by Crippen LogP contribution is -2.06. The summed E-state index contributed by atoms with van der Waals surface area (Å²) < 4.78 is 10.5. The normalized spacial score (nSPS) is 12.2. The number of carbonyl (C=O) groups is 2. The van der Waals surface area contributed by atoms with Crippen LogP contribution in [0.1, 0.15) is 58.6 Å². The molecule has 2 atom stereocenters. The second kappa shape index (κ2) is 15.3. The van der Waals surface area contributed by atoms with Gasteiger partial charge in [-0.05, 0) is 37.8 Å². The Morgan fingerprint density at radius 1 is 0.750 bits per heavy atom. The van der Waals surface area contributed by atoms with E-state index in [4.69, 9.17) is 9.47 Å². The van der Waals surface area contributed by atoms with Gasteiger partial charge >= 0.3 is 11.9 Å². The van der Waals surface area contributed by atoms with E-state index in [1.54, 1.807) is 0 Å². The second-order valence-electron chi connectivity index (χ2n) is 7.06. The van der Waals surface area contributed by atoms with Gasteiger partial charge in [-0.1, -0.05) is 100 Å². The van der Waals surface area contributed by atoms with E-state index in [1.807, 2.05) is 50.2 Å². The highest BCUT2D eigenvalue weighted by molar-refractivity contribution is 9.10. The van der Waals surface area contributed by atoms with Crippen molar-refractivity contribution < 1.29 is 19.1 Å². The molecule has 2 aromatic rings. The van der Waals surface area contributed by atoms with Crippen LogP contribution in [0.2, 0.25) is 0 Å². The molecule has 0 radical (unpaired) electrons. The molecule has 0 aliphatic rings. The number of para-hydroxylation sites is 2. The first kappa shape index (κ1) is 29.3. The van der Waals surface area contributed by atoms with Crippen LogP contribution in [0, 0.1) is 13.8 Å². The van der Waals surface area contributed by atoms with E-state index in [1.165, 1.54) is 13.8 Å². The van der Waals surface area contributed by atoms with E-state index >= 15 is 0 Å². The third-order valence-corrected chi connectivity index (χ3v) is 7.19. The maximum Gasteiger partial charge on any atom is 0.308 e. The van der Waals surface area contributed by atoms with Crippen LogP contribution in [0.5, 0.6) is 11.5 Å². The first-order chi connectivity index (χ1) is 15.1. The quantitative estimate of drug-likeness (QED) is 0.158. The number of benzene rings is 2. The maximum absolute atomic E-state index is 11.1. The number of ether oxygens (including phenoxy) is 2. The van der Waals surface area contributed by atoms with E-state index < -0.39 is 0 Å². The molecule has 0 heterocycles. The van der Waals surface area contributed by atoms with E-state index in [-0.39, 0.29) is 21.6 Å². The predicted molar refractivity (Wildman–Crippen MR) is 145 cm³/mol. The fourth-order valence-electron chi connectivity index (χ4n) is 2.91. The lowest BCUT2D eigenvalue weighted by molar-refractivity contribution is -0.132. The summed E-state index contributed by atoms with van der Waals surface area (Å²) in [5.74, 6) is 0.791. The van der Waals surface area contributed by atoms with E-state index in [2.05, 4.69) is 63.7 Å². The maximum atomic E-state index is 11.1. The first-order valence-electron chi connectivity index (χ1n) is 10.1. The van der Waals surface area contributed by atoms with Gasteiger partial charge in [0.2, 0.25) is 0 Å². The van der Waals surface area contributed by atoms with Gasteiger partial charge in [-0.25, -0.2) is 0 Å². The highest BCUT2D eigenvalue weighted by Gasteiger charge is 2.17. The summed E-state index contributed by atoms with van der Waals surface area (Å²) >= 11 is 14.0. The summed E-state index contributed by atoms with van der Waals surface area (Å²) in [5, 5.41) is 1.80. The molecule has 8 heteroatoms. The third-order valence-electron chi connectivity index (χ3n) is 4.38.